The monoisotopic (exact) mass is 349 g/mol. The van der Waals surface area contributed by atoms with Crippen LogP contribution in [0.4, 0.5) is 5.69 Å². The van der Waals surface area contributed by atoms with E-state index in [2.05, 4.69) is 4.98 Å². The molecule has 1 heterocycles. The van der Waals surface area contributed by atoms with Crippen molar-refractivity contribution in [1.29, 1.82) is 5.26 Å². The predicted molar refractivity (Wildman–Crippen MR) is 84.6 cm³/mol. The topological polar surface area (TPSA) is 106 Å². The second-order valence-corrected chi connectivity index (χ2v) is 6.62. The summed E-state index contributed by atoms with van der Waals surface area (Å²) in [6, 6.07) is 5.82. The summed E-state index contributed by atoms with van der Waals surface area (Å²) in [4.78, 5) is 27.2. The van der Waals surface area contributed by atoms with E-state index >= 15 is 0 Å². The number of nitrogens with zero attached hydrogens (tertiary/aromatic N) is 3. The lowest BCUT2D eigenvalue weighted by Gasteiger charge is -2.07. The largest absolute Gasteiger partial charge is 0.444 e. The minimum Gasteiger partial charge on any atom is -0.444 e. The van der Waals surface area contributed by atoms with Gasteiger partial charge in [0.05, 0.1) is 15.4 Å². The molecule has 0 saturated heterocycles. The van der Waals surface area contributed by atoms with Crippen LogP contribution in [0, 0.1) is 28.4 Å². The first kappa shape index (κ1) is 16.9. The molecule has 0 aliphatic carbocycles. The van der Waals surface area contributed by atoms with Crippen LogP contribution in [0.5, 0.6) is 0 Å². The standard InChI is InChI=1S/C14H11N3O4S2/c1-8-7-22-14(16-8)23-12-4-3-10(5-11(12)17(19)20)13(18)21-9(2)6-15/h3-5,7,9H,1-2H3/t9-/m1/s1. The van der Waals surface area contributed by atoms with Crippen LogP contribution in [-0.2, 0) is 4.74 Å². The summed E-state index contributed by atoms with van der Waals surface area (Å²) in [7, 11) is 0. The van der Waals surface area contributed by atoms with Gasteiger partial charge in [-0.3, -0.25) is 10.1 Å². The molecule has 1 atom stereocenters. The van der Waals surface area contributed by atoms with Crippen LogP contribution in [0.3, 0.4) is 0 Å². The number of carbonyl (C=O) groups is 1. The van der Waals surface area contributed by atoms with Crippen molar-refractivity contribution in [2.75, 3.05) is 0 Å². The number of nitro groups is 1. The lowest BCUT2D eigenvalue weighted by Crippen LogP contribution is -2.13. The van der Waals surface area contributed by atoms with Gasteiger partial charge in [-0.25, -0.2) is 9.78 Å². The van der Waals surface area contributed by atoms with Crippen LogP contribution < -0.4 is 0 Å². The zero-order chi connectivity index (χ0) is 17.0. The number of aromatic nitrogens is 1. The third-order valence-corrected chi connectivity index (χ3v) is 4.77. The molecule has 7 nitrogen and oxygen atoms in total. The van der Waals surface area contributed by atoms with Gasteiger partial charge in [0.25, 0.3) is 5.69 Å². The van der Waals surface area contributed by atoms with Crippen molar-refractivity contribution in [2.45, 2.75) is 29.2 Å². The number of aryl methyl sites for hydroxylation is 1. The Balaban J connectivity index is 2.29. The lowest BCUT2D eigenvalue weighted by atomic mass is 10.2. The van der Waals surface area contributed by atoms with Crippen molar-refractivity contribution in [3.63, 3.8) is 0 Å². The van der Waals surface area contributed by atoms with E-state index in [1.165, 1.54) is 30.4 Å². The van der Waals surface area contributed by atoms with E-state index < -0.39 is 17.0 Å². The van der Waals surface area contributed by atoms with Gasteiger partial charge in [-0.1, -0.05) is 11.8 Å². The Morgan fingerprint density at radius 2 is 2.30 bits per heavy atom. The number of ether oxygens (including phenoxy) is 1. The van der Waals surface area contributed by atoms with Gasteiger partial charge in [-0.15, -0.1) is 11.3 Å². The summed E-state index contributed by atoms with van der Waals surface area (Å²) >= 11 is 2.55. The number of rotatable bonds is 5. The van der Waals surface area contributed by atoms with Crippen molar-refractivity contribution in [1.82, 2.24) is 4.98 Å². The molecule has 1 aromatic carbocycles. The fourth-order valence-corrected chi connectivity index (χ4v) is 3.48. The molecule has 2 rings (SSSR count). The Morgan fingerprint density at radius 3 is 2.87 bits per heavy atom. The van der Waals surface area contributed by atoms with Crippen molar-refractivity contribution in [2.24, 2.45) is 0 Å². The van der Waals surface area contributed by atoms with E-state index in [0.717, 1.165) is 23.5 Å². The van der Waals surface area contributed by atoms with Gasteiger partial charge < -0.3 is 4.74 Å². The molecule has 2 aromatic rings. The summed E-state index contributed by atoms with van der Waals surface area (Å²) in [5, 5.41) is 21.7. The van der Waals surface area contributed by atoms with Crippen LogP contribution >= 0.6 is 23.1 Å². The fourth-order valence-electron chi connectivity index (χ4n) is 1.60. The first-order valence-corrected chi connectivity index (χ1v) is 8.09. The van der Waals surface area contributed by atoms with Gasteiger partial charge in [0.15, 0.2) is 10.4 Å². The zero-order valence-corrected chi connectivity index (χ0v) is 13.8. The molecule has 9 heteroatoms. The Hall–Kier alpha value is -2.44. The minimum absolute atomic E-state index is 0.0264. The maximum Gasteiger partial charge on any atom is 0.339 e. The van der Waals surface area contributed by atoms with E-state index in [4.69, 9.17) is 10.00 Å². The number of benzene rings is 1. The molecule has 118 valence electrons. The molecule has 0 aliphatic rings. The quantitative estimate of drug-likeness (QED) is 0.461. The molecule has 0 unspecified atom stereocenters. The molecule has 0 bridgehead atoms. The van der Waals surface area contributed by atoms with Crippen molar-refractivity contribution in [3.05, 3.63) is 45.0 Å². The van der Waals surface area contributed by atoms with Crippen LogP contribution in [-0.4, -0.2) is 22.0 Å². The van der Waals surface area contributed by atoms with Gasteiger partial charge >= 0.3 is 5.97 Å². The Morgan fingerprint density at radius 1 is 1.57 bits per heavy atom. The van der Waals surface area contributed by atoms with Crippen LogP contribution in [0.2, 0.25) is 0 Å². The third kappa shape index (κ3) is 4.28. The van der Waals surface area contributed by atoms with Crippen LogP contribution in [0.1, 0.15) is 23.0 Å². The summed E-state index contributed by atoms with van der Waals surface area (Å²) in [6.07, 6.45) is -0.922. The average molecular weight is 349 g/mol. The van der Waals surface area contributed by atoms with Crippen molar-refractivity contribution in [3.8, 4) is 6.07 Å². The molecule has 23 heavy (non-hydrogen) atoms. The molecular formula is C14H11N3O4S2. The third-order valence-electron chi connectivity index (χ3n) is 2.65. The summed E-state index contributed by atoms with van der Waals surface area (Å²) < 4.78 is 5.52. The minimum atomic E-state index is -0.922. The number of esters is 1. The number of nitriles is 1. The second-order valence-electron chi connectivity index (χ2n) is 4.47. The Labute approximate surface area is 140 Å². The van der Waals surface area contributed by atoms with Crippen LogP contribution in [0.25, 0.3) is 0 Å². The molecule has 0 radical (unpaired) electrons. The fraction of sp³-hybridized carbons (Fsp3) is 0.214. The van der Waals surface area contributed by atoms with Crippen LogP contribution in [0.15, 0.2) is 32.8 Å². The number of carbonyl (C=O) groups excluding carboxylic acids is 1. The highest BCUT2D eigenvalue weighted by atomic mass is 32.2. The lowest BCUT2D eigenvalue weighted by molar-refractivity contribution is -0.387. The molecule has 0 spiro atoms. The molecule has 0 amide bonds. The highest BCUT2D eigenvalue weighted by Crippen LogP contribution is 2.36. The maximum atomic E-state index is 11.8. The van der Waals surface area contributed by atoms with Gasteiger partial charge in [0, 0.05) is 17.1 Å². The van der Waals surface area contributed by atoms with E-state index in [0.29, 0.717) is 9.24 Å². The van der Waals surface area contributed by atoms with E-state index in [9.17, 15) is 14.9 Å². The van der Waals surface area contributed by atoms with Gasteiger partial charge in [-0.05, 0) is 26.0 Å². The maximum absolute atomic E-state index is 11.8. The van der Waals surface area contributed by atoms with Gasteiger partial charge in [0.1, 0.15) is 6.07 Å². The summed E-state index contributed by atoms with van der Waals surface area (Å²) in [5.74, 6) is -0.774. The molecule has 1 aromatic heterocycles. The highest BCUT2D eigenvalue weighted by Gasteiger charge is 2.21. The number of hydrogen-bond donors (Lipinski definition) is 0. The number of hydrogen-bond acceptors (Lipinski definition) is 8. The van der Waals surface area contributed by atoms with Gasteiger partial charge in [0.2, 0.25) is 0 Å². The second kappa shape index (κ2) is 7.21. The Bertz CT molecular complexity index is 798. The normalized spacial score (nSPS) is 11.5. The van der Waals surface area contributed by atoms with Crippen molar-refractivity contribution >= 4 is 34.8 Å². The summed E-state index contributed by atoms with van der Waals surface area (Å²) in [6.45, 7) is 3.26. The van der Waals surface area contributed by atoms with E-state index in [-0.39, 0.29) is 11.3 Å². The first-order chi connectivity index (χ1) is 10.9. The van der Waals surface area contributed by atoms with E-state index in [1.54, 1.807) is 6.07 Å². The molecule has 0 aliphatic heterocycles. The number of nitro benzene ring substituents is 1. The first-order valence-electron chi connectivity index (χ1n) is 6.39. The van der Waals surface area contributed by atoms with Crippen molar-refractivity contribution < 1.29 is 14.5 Å². The molecular weight excluding hydrogens is 338 g/mol. The smallest absolute Gasteiger partial charge is 0.339 e. The van der Waals surface area contributed by atoms with E-state index in [1.807, 2.05) is 12.3 Å². The zero-order valence-electron chi connectivity index (χ0n) is 12.2. The number of thiazole rings is 1. The Kier molecular flexibility index (Phi) is 5.31. The molecule has 0 saturated carbocycles. The molecule has 0 N–H and O–H groups in total. The SMILES string of the molecule is Cc1csc(Sc2ccc(C(=O)O[C@H](C)C#N)cc2[N+](=O)[O-])n1. The van der Waals surface area contributed by atoms with Gasteiger partial charge in [-0.2, -0.15) is 5.26 Å². The molecule has 0 fully saturated rings. The summed E-state index contributed by atoms with van der Waals surface area (Å²) in [5.41, 5.74) is 0.659. The predicted octanol–water partition coefficient (Wildman–Crippen LogP) is 3.58. The highest BCUT2D eigenvalue weighted by molar-refractivity contribution is 8.01. The average Bonchev–Trinajstić information content (AvgIpc) is 2.92.